The highest BCUT2D eigenvalue weighted by Gasteiger charge is 2.43. The van der Waals surface area contributed by atoms with E-state index in [0.29, 0.717) is 30.3 Å². The predicted molar refractivity (Wildman–Crippen MR) is 99.7 cm³/mol. The highest BCUT2D eigenvalue weighted by Crippen LogP contribution is 2.49. The van der Waals surface area contributed by atoms with Crippen molar-refractivity contribution in [1.82, 2.24) is 4.90 Å². The van der Waals surface area contributed by atoms with Gasteiger partial charge in [0.2, 0.25) is 6.79 Å². The summed E-state index contributed by atoms with van der Waals surface area (Å²) in [5.74, 6) is 2.55. The molecule has 6 nitrogen and oxygen atoms in total. The first kappa shape index (κ1) is 17.5. The average molecular weight is 369 g/mol. The monoisotopic (exact) mass is 369 g/mol. The fourth-order valence-electron chi connectivity index (χ4n) is 3.73. The van der Waals surface area contributed by atoms with Gasteiger partial charge in [-0.2, -0.15) is 0 Å². The second kappa shape index (κ2) is 7.02. The summed E-state index contributed by atoms with van der Waals surface area (Å²) < 4.78 is 22.4. The maximum absolute atomic E-state index is 13.2. The quantitative estimate of drug-likeness (QED) is 0.810. The Labute approximate surface area is 158 Å². The average Bonchev–Trinajstić information content (AvgIpc) is 3.30. The number of nitrogens with zero attached hydrogens (tertiary/aromatic N) is 1. The minimum atomic E-state index is -0.615. The molecule has 2 aliphatic heterocycles. The van der Waals surface area contributed by atoms with Crippen LogP contribution in [0.15, 0.2) is 36.4 Å². The van der Waals surface area contributed by atoms with Crippen LogP contribution in [0.5, 0.6) is 23.0 Å². The molecule has 2 atom stereocenters. The summed E-state index contributed by atoms with van der Waals surface area (Å²) in [6.07, 6.45) is -0.615. The van der Waals surface area contributed by atoms with Crippen molar-refractivity contribution in [1.29, 1.82) is 0 Å². The maximum Gasteiger partial charge on any atom is 0.264 e. The van der Waals surface area contributed by atoms with E-state index in [9.17, 15) is 4.79 Å². The van der Waals surface area contributed by atoms with Gasteiger partial charge < -0.3 is 23.8 Å². The Morgan fingerprint density at radius 3 is 2.37 bits per heavy atom. The number of rotatable bonds is 5. The molecule has 0 aromatic heterocycles. The number of likely N-dealkylation sites (N-methyl/N-ethyl adjacent to an activating group) is 1. The summed E-state index contributed by atoms with van der Waals surface area (Å²) in [6.45, 7) is 5.44. The summed E-state index contributed by atoms with van der Waals surface area (Å²) in [4.78, 5) is 14.9. The third-order valence-electron chi connectivity index (χ3n) is 5.19. The van der Waals surface area contributed by atoms with E-state index in [-0.39, 0.29) is 18.6 Å². The fourth-order valence-corrected chi connectivity index (χ4v) is 3.73. The molecule has 142 valence electrons. The van der Waals surface area contributed by atoms with Gasteiger partial charge in [0, 0.05) is 24.7 Å². The van der Waals surface area contributed by atoms with Crippen LogP contribution < -0.4 is 18.9 Å². The van der Waals surface area contributed by atoms with Gasteiger partial charge in [-0.1, -0.05) is 12.1 Å². The molecule has 6 heteroatoms. The van der Waals surface area contributed by atoms with Crippen LogP contribution >= 0.6 is 0 Å². The SMILES string of the molecule is CCN(CC)C(=O)[C@@H]1Oc2cc3c(cc2[C@H]1c1ccc(OC)cc1)OCO3. The number of carbonyl (C=O) groups is 1. The number of amides is 1. The molecule has 0 radical (unpaired) electrons. The van der Waals surface area contributed by atoms with E-state index < -0.39 is 6.10 Å². The fraction of sp³-hybridized carbons (Fsp3) is 0.381. The van der Waals surface area contributed by atoms with Gasteiger partial charge in [0.1, 0.15) is 11.5 Å². The highest BCUT2D eigenvalue weighted by molar-refractivity contribution is 5.85. The summed E-state index contributed by atoms with van der Waals surface area (Å²) >= 11 is 0. The van der Waals surface area contributed by atoms with E-state index in [1.165, 1.54) is 0 Å². The number of carbonyl (C=O) groups excluding carboxylic acids is 1. The van der Waals surface area contributed by atoms with E-state index in [4.69, 9.17) is 18.9 Å². The van der Waals surface area contributed by atoms with E-state index in [1.54, 1.807) is 12.0 Å². The molecule has 0 saturated carbocycles. The van der Waals surface area contributed by atoms with Crippen molar-refractivity contribution in [3.63, 3.8) is 0 Å². The van der Waals surface area contributed by atoms with E-state index in [2.05, 4.69) is 0 Å². The molecule has 0 N–H and O–H groups in total. The largest absolute Gasteiger partial charge is 0.497 e. The van der Waals surface area contributed by atoms with Gasteiger partial charge in [0.05, 0.1) is 13.0 Å². The Bertz CT molecular complexity index is 844. The Balaban J connectivity index is 1.77. The maximum atomic E-state index is 13.2. The normalized spacial score (nSPS) is 19.4. The van der Waals surface area contributed by atoms with Crippen molar-refractivity contribution >= 4 is 5.91 Å². The van der Waals surface area contributed by atoms with Crippen LogP contribution in [-0.4, -0.2) is 43.9 Å². The zero-order valence-corrected chi connectivity index (χ0v) is 15.7. The Morgan fingerprint density at radius 2 is 1.74 bits per heavy atom. The molecule has 27 heavy (non-hydrogen) atoms. The van der Waals surface area contributed by atoms with E-state index in [0.717, 1.165) is 16.9 Å². The zero-order valence-electron chi connectivity index (χ0n) is 15.7. The number of hydrogen-bond donors (Lipinski definition) is 0. The molecule has 2 aromatic carbocycles. The summed E-state index contributed by atoms with van der Waals surface area (Å²) in [5.41, 5.74) is 1.94. The third-order valence-corrected chi connectivity index (χ3v) is 5.19. The first-order valence-corrected chi connectivity index (χ1v) is 9.19. The summed E-state index contributed by atoms with van der Waals surface area (Å²) in [5, 5.41) is 0. The number of benzene rings is 2. The number of fused-ring (bicyclic) bond motifs is 2. The number of hydrogen-bond acceptors (Lipinski definition) is 5. The second-order valence-corrected chi connectivity index (χ2v) is 6.54. The first-order valence-electron chi connectivity index (χ1n) is 9.19. The van der Waals surface area contributed by atoms with Gasteiger partial charge in [-0.15, -0.1) is 0 Å². The molecule has 2 aromatic rings. The molecule has 0 aliphatic carbocycles. The van der Waals surface area contributed by atoms with Gasteiger partial charge >= 0.3 is 0 Å². The number of methoxy groups -OCH3 is 1. The van der Waals surface area contributed by atoms with E-state index >= 15 is 0 Å². The minimum Gasteiger partial charge on any atom is -0.497 e. The lowest BCUT2D eigenvalue weighted by Crippen LogP contribution is -2.43. The molecule has 0 unspecified atom stereocenters. The molecule has 2 aliphatic rings. The summed E-state index contributed by atoms with van der Waals surface area (Å²) in [6, 6.07) is 11.5. The molecular formula is C21H23NO5. The van der Waals surface area contributed by atoms with Crippen molar-refractivity contribution in [2.45, 2.75) is 25.9 Å². The predicted octanol–water partition coefficient (Wildman–Crippen LogP) is 3.19. The summed E-state index contributed by atoms with van der Waals surface area (Å²) in [7, 11) is 1.64. The molecule has 1 amide bonds. The minimum absolute atomic E-state index is 0.0148. The van der Waals surface area contributed by atoms with Gasteiger partial charge in [-0.3, -0.25) is 4.79 Å². The van der Waals surface area contributed by atoms with E-state index in [1.807, 2.05) is 50.2 Å². The van der Waals surface area contributed by atoms with Crippen LogP contribution in [0.1, 0.15) is 30.9 Å². The van der Waals surface area contributed by atoms with Crippen molar-refractivity contribution in [2.75, 3.05) is 27.0 Å². The van der Waals surface area contributed by atoms with Crippen LogP contribution in [0, 0.1) is 0 Å². The Hall–Kier alpha value is -2.89. The highest BCUT2D eigenvalue weighted by atomic mass is 16.7. The van der Waals surface area contributed by atoms with Crippen LogP contribution in [0.4, 0.5) is 0 Å². The molecule has 0 bridgehead atoms. The standard InChI is InChI=1S/C21H23NO5/c1-4-22(5-2)21(23)20-19(13-6-8-14(24-3)9-7-13)15-10-17-18(26-12-25-17)11-16(15)27-20/h6-11,19-20H,4-5,12H2,1-3H3/t19-,20-/m1/s1. The molecule has 4 rings (SSSR count). The van der Waals surface area contributed by atoms with Crippen LogP contribution in [0.3, 0.4) is 0 Å². The van der Waals surface area contributed by atoms with Gasteiger partial charge in [-0.05, 0) is 37.6 Å². The molecule has 2 heterocycles. The van der Waals surface area contributed by atoms with Crippen LogP contribution in [0.2, 0.25) is 0 Å². The van der Waals surface area contributed by atoms with Crippen molar-refractivity contribution in [3.8, 4) is 23.0 Å². The topological polar surface area (TPSA) is 57.2 Å². The first-order chi connectivity index (χ1) is 13.2. The van der Waals surface area contributed by atoms with Gasteiger partial charge in [0.15, 0.2) is 17.6 Å². The van der Waals surface area contributed by atoms with Crippen LogP contribution in [0.25, 0.3) is 0 Å². The molecule has 0 spiro atoms. The Kier molecular flexibility index (Phi) is 4.56. The smallest absolute Gasteiger partial charge is 0.264 e. The number of ether oxygens (including phenoxy) is 4. The lowest BCUT2D eigenvalue weighted by Gasteiger charge is -2.26. The lowest BCUT2D eigenvalue weighted by atomic mass is 9.87. The molecule has 0 saturated heterocycles. The molecular weight excluding hydrogens is 346 g/mol. The van der Waals surface area contributed by atoms with Crippen LogP contribution in [-0.2, 0) is 4.79 Å². The lowest BCUT2D eigenvalue weighted by molar-refractivity contribution is -0.138. The van der Waals surface area contributed by atoms with Crippen molar-refractivity contribution in [3.05, 3.63) is 47.5 Å². The Morgan fingerprint density at radius 1 is 1.07 bits per heavy atom. The van der Waals surface area contributed by atoms with Crippen molar-refractivity contribution < 1.29 is 23.7 Å². The third kappa shape index (κ3) is 2.95. The van der Waals surface area contributed by atoms with Gasteiger partial charge in [0.25, 0.3) is 5.91 Å². The second-order valence-electron chi connectivity index (χ2n) is 6.54. The van der Waals surface area contributed by atoms with Crippen molar-refractivity contribution in [2.24, 2.45) is 0 Å². The zero-order chi connectivity index (χ0) is 19.0. The molecule has 0 fully saturated rings. The van der Waals surface area contributed by atoms with Gasteiger partial charge in [-0.25, -0.2) is 0 Å².